The van der Waals surface area contributed by atoms with Crippen LogP contribution in [0.15, 0.2) is 36.5 Å². The molecule has 2 aromatic rings. The Morgan fingerprint density at radius 2 is 2.00 bits per heavy atom. The molecule has 0 aliphatic carbocycles. The van der Waals surface area contributed by atoms with Gasteiger partial charge in [0, 0.05) is 24.4 Å². The Hall–Kier alpha value is -1.74. The minimum atomic E-state index is -0.225. The predicted molar refractivity (Wildman–Crippen MR) is 70.7 cm³/mol. The Labute approximate surface area is 107 Å². The number of hydrogen-bond donors (Lipinski definition) is 1. The zero-order valence-corrected chi connectivity index (χ0v) is 10.7. The summed E-state index contributed by atoms with van der Waals surface area (Å²) >= 11 is 0. The number of pyridine rings is 1. The quantitative estimate of drug-likeness (QED) is 0.901. The van der Waals surface area contributed by atoms with E-state index in [2.05, 4.69) is 4.98 Å². The third-order valence-corrected chi connectivity index (χ3v) is 3.16. The molecule has 1 aromatic heterocycles. The van der Waals surface area contributed by atoms with Crippen molar-refractivity contribution in [1.82, 2.24) is 4.98 Å². The molecule has 0 bridgehead atoms. The number of nitrogens with zero attached hydrogens (tertiary/aromatic N) is 1. The number of aromatic nitrogens is 1. The molecule has 0 spiro atoms. The lowest BCUT2D eigenvalue weighted by molar-refractivity contribution is 0.621. The van der Waals surface area contributed by atoms with Crippen molar-refractivity contribution in [3.63, 3.8) is 0 Å². The maximum absolute atomic E-state index is 13.0. The maximum atomic E-state index is 13.0. The fourth-order valence-electron chi connectivity index (χ4n) is 2.11. The van der Waals surface area contributed by atoms with E-state index in [-0.39, 0.29) is 11.9 Å². The van der Waals surface area contributed by atoms with Gasteiger partial charge in [-0.15, -0.1) is 0 Å². The van der Waals surface area contributed by atoms with E-state index < -0.39 is 0 Å². The van der Waals surface area contributed by atoms with Crippen LogP contribution >= 0.6 is 0 Å². The lowest BCUT2D eigenvalue weighted by Crippen LogP contribution is -2.16. The summed E-state index contributed by atoms with van der Waals surface area (Å²) in [6.07, 6.45) is 2.44. The van der Waals surface area contributed by atoms with Gasteiger partial charge in [0.1, 0.15) is 5.82 Å². The van der Waals surface area contributed by atoms with E-state index in [1.165, 1.54) is 12.1 Å². The van der Waals surface area contributed by atoms with Crippen molar-refractivity contribution >= 4 is 0 Å². The van der Waals surface area contributed by atoms with Crippen molar-refractivity contribution in [3.8, 4) is 0 Å². The minimum absolute atomic E-state index is 0.154. The molecule has 0 saturated heterocycles. The van der Waals surface area contributed by atoms with Crippen molar-refractivity contribution in [3.05, 3.63) is 64.7 Å². The Bertz CT molecular complexity index is 552. The summed E-state index contributed by atoms with van der Waals surface area (Å²) < 4.78 is 13.0. The number of nitrogens with two attached hydrogens (primary N) is 1. The fourth-order valence-corrected chi connectivity index (χ4v) is 2.11. The second-order valence-corrected chi connectivity index (χ2v) is 4.58. The van der Waals surface area contributed by atoms with Crippen LogP contribution in [0, 0.1) is 19.7 Å². The number of benzene rings is 1. The summed E-state index contributed by atoms with van der Waals surface area (Å²) in [6, 6.07) is 8.50. The van der Waals surface area contributed by atoms with Crippen LogP contribution in [0.5, 0.6) is 0 Å². The van der Waals surface area contributed by atoms with Gasteiger partial charge >= 0.3 is 0 Å². The van der Waals surface area contributed by atoms with Gasteiger partial charge in [-0.25, -0.2) is 4.39 Å². The molecular weight excluding hydrogens is 227 g/mol. The maximum Gasteiger partial charge on any atom is 0.123 e. The SMILES string of the molecule is Cc1cc(F)ccc1C(N)Cc1ncccc1C. The first-order valence-corrected chi connectivity index (χ1v) is 6.00. The molecule has 0 aliphatic rings. The Kier molecular flexibility index (Phi) is 3.72. The van der Waals surface area contributed by atoms with Gasteiger partial charge in [0.2, 0.25) is 0 Å². The molecule has 1 heterocycles. The van der Waals surface area contributed by atoms with E-state index in [1.54, 1.807) is 12.3 Å². The zero-order chi connectivity index (χ0) is 13.1. The number of hydrogen-bond acceptors (Lipinski definition) is 2. The van der Waals surface area contributed by atoms with E-state index in [4.69, 9.17) is 5.73 Å². The molecule has 3 heteroatoms. The highest BCUT2D eigenvalue weighted by molar-refractivity contribution is 5.31. The largest absolute Gasteiger partial charge is 0.324 e. The summed E-state index contributed by atoms with van der Waals surface area (Å²) in [5, 5.41) is 0. The summed E-state index contributed by atoms with van der Waals surface area (Å²) in [6.45, 7) is 3.90. The average molecular weight is 244 g/mol. The first-order valence-electron chi connectivity index (χ1n) is 6.00. The fraction of sp³-hybridized carbons (Fsp3) is 0.267. The highest BCUT2D eigenvalue weighted by Crippen LogP contribution is 2.20. The third-order valence-electron chi connectivity index (χ3n) is 3.16. The van der Waals surface area contributed by atoms with Crippen LogP contribution in [0.25, 0.3) is 0 Å². The standard InChI is InChI=1S/C15H17FN2/c1-10-4-3-7-18-15(10)9-14(17)13-6-5-12(16)8-11(13)2/h3-8,14H,9,17H2,1-2H3. The van der Waals surface area contributed by atoms with Crippen LogP contribution in [0.3, 0.4) is 0 Å². The van der Waals surface area contributed by atoms with Gasteiger partial charge in [-0.2, -0.15) is 0 Å². The molecule has 1 unspecified atom stereocenters. The Morgan fingerprint density at radius 3 is 2.67 bits per heavy atom. The van der Waals surface area contributed by atoms with Crippen molar-refractivity contribution in [1.29, 1.82) is 0 Å². The summed E-state index contributed by atoms with van der Waals surface area (Å²) in [7, 11) is 0. The molecule has 94 valence electrons. The van der Waals surface area contributed by atoms with E-state index in [0.717, 1.165) is 22.4 Å². The van der Waals surface area contributed by atoms with E-state index in [0.29, 0.717) is 6.42 Å². The Morgan fingerprint density at radius 1 is 1.22 bits per heavy atom. The number of aryl methyl sites for hydroxylation is 2. The third kappa shape index (κ3) is 2.74. The highest BCUT2D eigenvalue weighted by Gasteiger charge is 2.12. The van der Waals surface area contributed by atoms with E-state index in [1.807, 2.05) is 26.0 Å². The van der Waals surface area contributed by atoms with Crippen molar-refractivity contribution in [2.75, 3.05) is 0 Å². The van der Waals surface area contributed by atoms with E-state index in [9.17, 15) is 4.39 Å². The first kappa shape index (κ1) is 12.7. The molecule has 2 N–H and O–H groups in total. The molecule has 0 fully saturated rings. The van der Waals surface area contributed by atoms with Crippen LogP contribution in [0.2, 0.25) is 0 Å². The lowest BCUT2D eigenvalue weighted by atomic mass is 9.97. The molecule has 1 aromatic carbocycles. The van der Waals surface area contributed by atoms with Gasteiger partial charge in [-0.05, 0) is 48.7 Å². The molecule has 0 radical (unpaired) electrons. The van der Waals surface area contributed by atoms with Crippen LogP contribution in [-0.4, -0.2) is 4.98 Å². The molecule has 0 amide bonds. The average Bonchev–Trinajstić information content (AvgIpc) is 2.32. The van der Waals surface area contributed by atoms with Gasteiger partial charge in [-0.1, -0.05) is 12.1 Å². The number of halogens is 1. The normalized spacial score (nSPS) is 12.4. The predicted octanol–water partition coefficient (Wildman–Crippen LogP) is 3.08. The smallest absolute Gasteiger partial charge is 0.123 e. The summed E-state index contributed by atoms with van der Waals surface area (Å²) in [5.74, 6) is -0.225. The summed E-state index contributed by atoms with van der Waals surface area (Å²) in [4.78, 5) is 4.34. The lowest BCUT2D eigenvalue weighted by Gasteiger charge is -2.15. The molecule has 18 heavy (non-hydrogen) atoms. The van der Waals surface area contributed by atoms with Gasteiger partial charge in [0.05, 0.1) is 0 Å². The monoisotopic (exact) mass is 244 g/mol. The second kappa shape index (κ2) is 5.27. The highest BCUT2D eigenvalue weighted by atomic mass is 19.1. The summed E-state index contributed by atoms with van der Waals surface area (Å²) in [5.41, 5.74) is 10.2. The van der Waals surface area contributed by atoms with E-state index >= 15 is 0 Å². The zero-order valence-electron chi connectivity index (χ0n) is 10.7. The van der Waals surface area contributed by atoms with Gasteiger partial charge < -0.3 is 5.73 Å². The van der Waals surface area contributed by atoms with Crippen molar-refractivity contribution in [2.45, 2.75) is 26.3 Å². The van der Waals surface area contributed by atoms with Gasteiger partial charge in [-0.3, -0.25) is 4.98 Å². The van der Waals surface area contributed by atoms with Gasteiger partial charge in [0.25, 0.3) is 0 Å². The molecule has 0 aliphatic heterocycles. The van der Waals surface area contributed by atoms with Crippen LogP contribution in [0.1, 0.15) is 28.4 Å². The topological polar surface area (TPSA) is 38.9 Å². The van der Waals surface area contributed by atoms with Crippen LogP contribution in [0.4, 0.5) is 4.39 Å². The second-order valence-electron chi connectivity index (χ2n) is 4.58. The molecule has 2 nitrogen and oxygen atoms in total. The Balaban J connectivity index is 2.22. The first-order chi connectivity index (χ1) is 8.58. The number of rotatable bonds is 3. The van der Waals surface area contributed by atoms with Crippen molar-refractivity contribution < 1.29 is 4.39 Å². The molecule has 2 rings (SSSR count). The minimum Gasteiger partial charge on any atom is -0.324 e. The molecule has 0 saturated carbocycles. The van der Waals surface area contributed by atoms with Crippen molar-refractivity contribution in [2.24, 2.45) is 5.73 Å². The van der Waals surface area contributed by atoms with Crippen LogP contribution < -0.4 is 5.73 Å². The van der Waals surface area contributed by atoms with Crippen LogP contribution in [-0.2, 0) is 6.42 Å². The van der Waals surface area contributed by atoms with Gasteiger partial charge in [0.15, 0.2) is 0 Å². The molecule has 1 atom stereocenters. The molecular formula is C15H17FN2.